The predicted molar refractivity (Wildman–Crippen MR) is 47.7 cm³/mol. The lowest BCUT2D eigenvalue weighted by Gasteiger charge is -2.08. The van der Waals surface area contributed by atoms with Crippen molar-refractivity contribution in [1.29, 1.82) is 0 Å². The molecule has 0 bridgehead atoms. The zero-order valence-electron chi connectivity index (χ0n) is 6.57. The van der Waals surface area contributed by atoms with Crippen molar-refractivity contribution in [3.05, 3.63) is 28.8 Å². The first kappa shape index (κ1) is 9.83. The van der Waals surface area contributed by atoms with Gasteiger partial charge in [-0.3, -0.25) is 4.79 Å². The molecule has 0 aromatic heterocycles. The summed E-state index contributed by atoms with van der Waals surface area (Å²) in [5.41, 5.74) is 5.52. The van der Waals surface area contributed by atoms with Crippen molar-refractivity contribution >= 4 is 17.6 Å². The average Bonchev–Trinajstić information content (AvgIpc) is 2.08. The number of hydrogen-bond donors (Lipinski definition) is 3. The predicted octanol–water partition coefficient (Wildman–Crippen LogP) is 1.13. The smallest absolute Gasteiger partial charge is 0.325 e. The third kappa shape index (κ3) is 2.11. The van der Waals surface area contributed by atoms with Crippen LogP contribution < -0.4 is 5.73 Å². The number of halogens is 1. The number of rotatable bonds is 2. The average molecular weight is 202 g/mol. The van der Waals surface area contributed by atoms with Gasteiger partial charge in [0, 0.05) is 10.6 Å². The lowest BCUT2D eigenvalue weighted by atomic mass is 10.1. The first-order valence-corrected chi connectivity index (χ1v) is 3.87. The molecule has 13 heavy (non-hydrogen) atoms. The highest BCUT2D eigenvalue weighted by Crippen LogP contribution is 2.25. The maximum absolute atomic E-state index is 10.5. The SMILES string of the molecule is N[C@H](C(=O)O)c1cc(O)ccc1Cl. The summed E-state index contributed by atoms with van der Waals surface area (Å²) >= 11 is 5.68. The number of benzene rings is 1. The monoisotopic (exact) mass is 201 g/mol. The fourth-order valence-electron chi connectivity index (χ4n) is 0.903. The van der Waals surface area contributed by atoms with E-state index in [0.29, 0.717) is 0 Å². The Labute approximate surface area is 79.6 Å². The summed E-state index contributed by atoms with van der Waals surface area (Å²) in [4.78, 5) is 10.5. The Hall–Kier alpha value is -1.26. The molecule has 1 aromatic rings. The first-order valence-electron chi connectivity index (χ1n) is 3.49. The summed E-state index contributed by atoms with van der Waals surface area (Å²) in [5.74, 6) is -1.25. The van der Waals surface area contributed by atoms with Gasteiger partial charge in [-0.2, -0.15) is 0 Å². The van der Waals surface area contributed by atoms with Gasteiger partial charge in [-0.05, 0) is 18.2 Å². The maximum atomic E-state index is 10.5. The molecule has 0 fully saturated rings. The summed E-state index contributed by atoms with van der Waals surface area (Å²) in [5, 5.41) is 17.9. The van der Waals surface area contributed by atoms with Crippen LogP contribution in [-0.2, 0) is 4.79 Å². The van der Waals surface area contributed by atoms with Crippen LogP contribution in [0.4, 0.5) is 0 Å². The minimum absolute atomic E-state index is 0.0592. The number of hydrogen-bond acceptors (Lipinski definition) is 3. The maximum Gasteiger partial charge on any atom is 0.325 e. The Morgan fingerprint density at radius 3 is 2.69 bits per heavy atom. The van der Waals surface area contributed by atoms with Gasteiger partial charge < -0.3 is 15.9 Å². The Kier molecular flexibility index (Phi) is 2.75. The molecule has 0 amide bonds. The molecule has 0 aliphatic heterocycles. The molecule has 4 nitrogen and oxygen atoms in total. The van der Waals surface area contributed by atoms with Gasteiger partial charge in [-0.1, -0.05) is 11.6 Å². The molecule has 5 heteroatoms. The molecule has 0 heterocycles. The standard InChI is InChI=1S/C8H8ClNO3/c9-6-2-1-4(11)3-5(6)7(10)8(12)13/h1-3,7,11H,10H2,(H,12,13)/t7-/m0/s1. The second-order valence-electron chi connectivity index (χ2n) is 2.52. The van der Waals surface area contributed by atoms with Gasteiger partial charge in [0.1, 0.15) is 11.8 Å². The highest BCUT2D eigenvalue weighted by molar-refractivity contribution is 6.31. The van der Waals surface area contributed by atoms with Crippen molar-refractivity contribution < 1.29 is 15.0 Å². The zero-order valence-corrected chi connectivity index (χ0v) is 7.32. The molecule has 0 aliphatic carbocycles. The van der Waals surface area contributed by atoms with Crippen molar-refractivity contribution in [3.63, 3.8) is 0 Å². The van der Waals surface area contributed by atoms with Crippen LogP contribution in [0.3, 0.4) is 0 Å². The Morgan fingerprint density at radius 1 is 1.54 bits per heavy atom. The molecule has 0 unspecified atom stereocenters. The zero-order chi connectivity index (χ0) is 10.0. The number of carboxylic acids is 1. The molecule has 0 saturated heterocycles. The summed E-state index contributed by atoms with van der Waals surface area (Å²) in [6.07, 6.45) is 0. The van der Waals surface area contributed by atoms with Crippen LogP contribution in [0.1, 0.15) is 11.6 Å². The second kappa shape index (κ2) is 3.64. The Balaban J connectivity index is 3.12. The molecule has 0 aliphatic rings. The number of phenols is 1. The number of aliphatic carboxylic acids is 1. The highest BCUT2D eigenvalue weighted by Gasteiger charge is 2.17. The van der Waals surface area contributed by atoms with Crippen molar-refractivity contribution in [2.45, 2.75) is 6.04 Å². The molecule has 0 saturated carbocycles. The van der Waals surface area contributed by atoms with Crippen molar-refractivity contribution in [3.8, 4) is 5.75 Å². The quantitative estimate of drug-likeness (QED) is 0.670. The largest absolute Gasteiger partial charge is 0.508 e. The van der Waals surface area contributed by atoms with Gasteiger partial charge >= 0.3 is 5.97 Å². The second-order valence-corrected chi connectivity index (χ2v) is 2.93. The molecule has 70 valence electrons. The van der Waals surface area contributed by atoms with Crippen LogP contribution in [0.2, 0.25) is 5.02 Å². The van der Waals surface area contributed by atoms with Crippen molar-refractivity contribution in [2.24, 2.45) is 5.73 Å². The van der Waals surface area contributed by atoms with Gasteiger partial charge in [0.15, 0.2) is 0 Å². The lowest BCUT2D eigenvalue weighted by molar-refractivity contribution is -0.138. The van der Waals surface area contributed by atoms with Gasteiger partial charge in [0.05, 0.1) is 0 Å². The number of carboxylic acid groups (broad SMARTS) is 1. The van der Waals surface area contributed by atoms with E-state index in [0.717, 1.165) is 0 Å². The van der Waals surface area contributed by atoms with E-state index < -0.39 is 12.0 Å². The third-order valence-electron chi connectivity index (χ3n) is 1.58. The van der Waals surface area contributed by atoms with E-state index in [9.17, 15) is 4.79 Å². The van der Waals surface area contributed by atoms with Gasteiger partial charge in [-0.25, -0.2) is 0 Å². The van der Waals surface area contributed by atoms with Crippen molar-refractivity contribution in [1.82, 2.24) is 0 Å². The van der Waals surface area contributed by atoms with E-state index in [1.54, 1.807) is 0 Å². The van der Waals surface area contributed by atoms with Crippen LogP contribution >= 0.6 is 11.6 Å². The third-order valence-corrected chi connectivity index (χ3v) is 1.92. The van der Waals surface area contributed by atoms with Crippen molar-refractivity contribution in [2.75, 3.05) is 0 Å². The number of aromatic hydroxyl groups is 1. The topological polar surface area (TPSA) is 83.6 Å². The van der Waals surface area contributed by atoms with E-state index >= 15 is 0 Å². The van der Waals surface area contributed by atoms with E-state index in [4.69, 9.17) is 27.5 Å². The Bertz CT molecular complexity index is 340. The van der Waals surface area contributed by atoms with Gasteiger partial charge in [-0.15, -0.1) is 0 Å². The minimum Gasteiger partial charge on any atom is -0.508 e. The fraction of sp³-hybridized carbons (Fsp3) is 0.125. The Morgan fingerprint density at radius 2 is 2.15 bits per heavy atom. The molecule has 4 N–H and O–H groups in total. The van der Waals surface area contributed by atoms with Crippen LogP contribution in [0.15, 0.2) is 18.2 Å². The fourth-order valence-corrected chi connectivity index (χ4v) is 1.14. The molecular weight excluding hydrogens is 194 g/mol. The van der Waals surface area contributed by atoms with Gasteiger partial charge in [0.25, 0.3) is 0 Å². The number of nitrogens with two attached hydrogens (primary N) is 1. The molecular formula is C8H8ClNO3. The number of phenolic OH excluding ortho intramolecular Hbond substituents is 1. The summed E-state index contributed by atoms with van der Waals surface area (Å²) in [7, 11) is 0. The van der Waals surface area contributed by atoms with E-state index in [1.165, 1.54) is 18.2 Å². The van der Waals surface area contributed by atoms with Crippen LogP contribution in [0, 0.1) is 0 Å². The molecule has 1 rings (SSSR count). The van der Waals surface area contributed by atoms with Crippen LogP contribution in [0.25, 0.3) is 0 Å². The minimum atomic E-state index is -1.21. The van der Waals surface area contributed by atoms with Crippen LogP contribution in [-0.4, -0.2) is 16.2 Å². The summed E-state index contributed by atoms with van der Waals surface area (Å²) in [6, 6.07) is 2.79. The van der Waals surface area contributed by atoms with E-state index in [2.05, 4.69) is 0 Å². The van der Waals surface area contributed by atoms with Crippen LogP contribution in [0.5, 0.6) is 5.75 Å². The summed E-state index contributed by atoms with van der Waals surface area (Å²) < 4.78 is 0. The number of carbonyl (C=O) groups is 1. The molecule has 1 atom stereocenters. The normalized spacial score (nSPS) is 12.5. The molecule has 0 radical (unpaired) electrons. The van der Waals surface area contributed by atoms with Gasteiger partial charge in [0.2, 0.25) is 0 Å². The van der Waals surface area contributed by atoms with E-state index in [-0.39, 0.29) is 16.3 Å². The molecule has 0 spiro atoms. The lowest BCUT2D eigenvalue weighted by Crippen LogP contribution is -2.20. The van der Waals surface area contributed by atoms with E-state index in [1.807, 2.05) is 0 Å². The summed E-state index contributed by atoms with van der Waals surface area (Å²) in [6.45, 7) is 0. The first-order chi connectivity index (χ1) is 6.02. The highest BCUT2D eigenvalue weighted by atomic mass is 35.5. The molecule has 1 aromatic carbocycles.